The summed E-state index contributed by atoms with van der Waals surface area (Å²) in [5, 5.41) is 13.5. The van der Waals surface area contributed by atoms with E-state index in [1.165, 1.54) is 0 Å². The van der Waals surface area contributed by atoms with Gasteiger partial charge in [-0.25, -0.2) is 0 Å². The van der Waals surface area contributed by atoms with Crippen LogP contribution in [0.3, 0.4) is 0 Å². The Balaban J connectivity index is 1.74. The highest BCUT2D eigenvalue weighted by atomic mass is 79.9. The third-order valence-electron chi connectivity index (χ3n) is 3.89. The molecule has 0 saturated heterocycles. The summed E-state index contributed by atoms with van der Waals surface area (Å²) in [6.45, 7) is 0. The van der Waals surface area contributed by atoms with Gasteiger partial charge in [0, 0.05) is 21.4 Å². The standard InChI is InChI=1S/C15H17BrN2O2/c16-12-2-1-3-13-11(12)8-14(18-13)15(20)17-9-4-6-10(19)7-5-9/h1-3,8-10,18-19H,4-7H2,(H,17,20). The van der Waals surface area contributed by atoms with Crippen molar-refractivity contribution in [3.8, 4) is 0 Å². The van der Waals surface area contributed by atoms with Crippen LogP contribution < -0.4 is 5.32 Å². The second kappa shape index (κ2) is 5.58. The molecule has 1 aromatic carbocycles. The van der Waals surface area contributed by atoms with Gasteiger partial charge in [-0.2, -0.15) is 0 Å². The average Bonchev–Trinajstić information content (AvgIpc) is 2.87. The van der Waals surface area contributed by atoms with Crippen LogP contribution in [0.4, 0.5) is 0 Å². The number of rotatable bonds is 2. The maximum atomic E-state index is 12.3. The zero-order chi connectivity index (χ0) is 14.1. The Morgan fingerprint density at radius 1 is 1.30 bits per heavy atom. The van der Waals surface area contributed by atoms with Crippen molar-refractivity contribution in [1.29, 1.82) is 0 Å². The molecule has 1 aromatic heterocycles. The first-order chi connectivity index (χ1) is 9.63. The van der Waals surface area contributed by atoms with Gasteiger partial charge in [0.05, 0.1) is 6.10 Å². The number of aromatic nitrogens is 1. The summed E-state index contributed by atoms with van der Waals surface area (Å²) in [6, 6.07) is 7.88. The van der Waals surface area contributed by atoms with Crippen LogP contribution >= 0.6 is 15.9 Å². The van der Waals surface area contributed by atoms with Crippen molar-refractivity contribution in [2.24, 2.45) is 0 Å². The highest BCUT2D eigenvalue weighted by Crippen LogP contribution is 2.25. The molecule has 1 aliphatic carbocycles. The number of benzene rings is 1. The molecule has 1 amide bonds. The molecule has 0 radical (unpaired) electrons. The van der Waals surface area contributed by atoms with Gasteiger partial charge < -0.3 is 15.4 Å². The summed E-state index contributed by atoms with van der Waals surface area (Å²) < 4.78 is 0.978. The first-order valence-corrected chi connectivity index (χ1v) is 7.69. The largest absolute Gasteiger partial charge is 0.393 e. The number of nitrogens with one attached hydrogen (secondary N) is 2. The minimum atomic E-state index is -0.202. The van der Waals surface area contributed by atoms with E-state index in [0.29, 0.717) is 5.69 Å². The van der Waals surface area contributed by atoms with Crippen LogP contribution in [-0.2, 0) is 0 Å². The Morgan fingerprint density at radius 3 is 2.75 bits per heavy atom. The third kappa shape index (κ3) is 2.74. The van der Waals surface area contributed by atoms with Gasteiger partial charge >= 0.3 is 0 Å². The Morgan fingerprint density at radius 2 is 2.05 bits per heavy atom. The van der Waals surface area contributed by atoms with Crippen molar-refractivity contribution < 1.29 is 9.90 Å². The van der Waals surface area contributed by atoms with E-state index < -0.39 is 0 Å². The third-order valence-corrected chi connectivity index (χ3v) is 4.58. The predicted molar refractivity (Wildman–Crippen MR) is 81.7 cm³/mol. The van der Waals surface area contributed by atoms with Gasteiger partial charge in [-0.15, -0.1) is 0 Å². The lowest BCUT2D eigenvalue weighted by molar-refractivity contribution is 0.0864. The number of aliphatic hydroxyl groups excluding tert-OH is 1. The van der Waals surface area contributed by atoms with Crippen molar-refractivity contribution >= 4 is 32.7 Å². The van der Waals surface area contributed by atoms with Gasteiger partial charge in [-0.3, -0.25) is 4.79 Å². The summed E-state index contributed by atoms with van der Waals surface area (Å²) in [4.78, 5) is 15.4. The Bertz CT molecular complexity index is 630. The molecule has 1 fully saturated rings. The zero-order valence-corrected chi connectivity index (χ0v) is 12.6. The maximum Gasteiger partial charge on any atom is 0.267 e. The van der Waals surface area contributed by atoms with E-state index >= 15 is 0 Å². The molecular weight excluding hydrogens is 320 g/mol. The van der Waals surface area contributed by atoms with Gasteiger partial charge in [0.1, 0.15) is 5.69 Å². The number of hydrogen-bond acceptors (Lipinski definition) is 2. The van der Waals surface area contributed by atoms with E-state index in [2.05, 4.69) is 26.2 Å². The SMILES string of the molecule is O=C(NC1CCC(O)CC1)c1cc2c(Br)cccc2[nH]1. The molecule has 20 heavy (non-hydrogen) atoms. The van der Waals surface area contributed by atoms with Gasteiger partial charge in [0.25, 0.3) is 5.91 Å². The molecule has 3 N–H and O–H groups in total. The number of aliphatic hydroxyl groups is 1. The molecule has 3 rings (SSSR count). The molecule has 1 saturated carbocycles. The van der Waals surface area contributed by atoms with Crippen LogP contribution in [0.2, 0.25) is 0 Å². The average molecular weight is 337 g/mol. The van der Waals surface area contributed by atoms with Crippen LogP contribution in [-0.4, -0.2) is 28.1 Å². The highest BCUT2D eigenvalue weighted by Gasteiger charge is 2.22. The minimum absolute atomic E-state index is 0.0745. The number of carbonyl (C=O) groups excluding carboxylic acids is 1. The van der Waals surface area contributed by atoms with Gasteiger partial charge in [-0.05, 0) is 43.9 Å². The van der Waals surface area contributed by atoms with Crippen molar-refractivity contribution in [3.63, 3.8) is 0 Å². The summed E-state index contributed by atoms with van der Waals surface area (Å²) in [7, 11) is 0. The second-order valence-corrected chi connectivity index (χ2v) is 6.22. The number of H-pyrrole nitrogens is 1. The van der Waals surface area contributed by atoms with E-state index in [1.807, 2.05) is 24.3 Å². The Hall–Kier alpha value is -1.33. The van der Waals surface area contributed by atoms with Gasteiger partial charge in [-0.1, -0.05) is 22.0 Å². The van der Waals surface area contributed by atoms with Crippen molar-refractivity contribution in [1.82, 2.24) is 10.3 Å². The number of hydrogen-bond donors (Lipinski definition) is 3. The first-order valence-electron chi connectivity index (χ1n) is 6.89. The highest BCUT2D eigenvalue weighted by molar-refractivity contribution is 9.10. The van der Waals surface area contributed by atoms with E-state index in [0.717, 1.165) is 41.1 Å². The molecule has 0 aliphatic heterocycles. The quantitative estimate of drug-likeness (QED) is 0.789. The molecule has 0 atom stereocenters. The molecule has 1 aliphatic rings. The molecule has 0 bridgehead atoms. The molecule has 106 valence electrons. The van der Waals surface area contributed by atoms with Crippen LogP contribution in [0.1, 0.15) is 36.2 Å². The summed E-state index contributed by atoms with van der Waals surface area (Å²) in [5.41, 5.74) is 1.53. The van der Waals surface area contributed by atoms with Crippen LogP contribution in [0.15, 0.2) is 28.7 Å². The van der Waals surface area contributed by atoms with Crippen molar-refractivity contribution in [3.05, 3.63) is 34.4 Å². The number of aromatic amines is 1. The normalized spacial score (nSPS) is 22.9. The number of amides is 1. The summed E-state index contributed by atoms with van der Waals surface area (Å²) in [6.07, 6.45) is 3.02. The van der Waals surface area contributed by atoms with Gasteiger partial charge in [0.15, 0.2) is 0 Å². The van der Waals surface area contributed by atoms with Crippen molar-refractivity contribution in [2.75, 3.05) is 0 Å². The molecule has 2 aromatic rings. The van der Waals surface area contributed by atoms with E-state index in [4.69, 9.17) is 0 Å². The molecule has 0 spiro atoms. The lowest BCUT2D eigenvalue weighted by Gasteiger charge is -2.25. The second-order valence-electron chi connectivity index (χ2n) is 5.36. The molecule has 0 unspecified atom stereocenters. The van der Waals surface area contributed by atoms with E-state index in [1.54, 1.807) is 0 Å². The van der Waals surface area contributed by atoms with Crippen LogP contribution in [0, 0.1) is 0 Å². The monoisotopic (exact) mass is 336 g/mol. The summed E-state index contributed by atoms with van der Waals surface area (Å²) in [5.74, 6) is -0.0745. The smallest absolute Gasteiger partial charge is 0.267 e. The molecule has 1 heterocycles. The van der Waals surface area contributed by atoms with E-state index in [9.17, 15) is 9.90 Å². The molecule has 5 heteroatoms. The Kier molecular flexibility index (Phi) is 3.81. The number of fused-ring (bicyclic) bond motifs is 1. The lowest BCUT2D eigenvalue weighted by Crippen LogP contribution is -2.38. The number of carbonyl (C=O) groups is 1. The van der Waals surface area contributed by atoms with E-state index in [-0.39, 0.29) is 18.1 Å². The van der Waals surface area contributed by atoms with Gasteiger partial charge in [0.2, 0.25) is 0 Å². The predicted octanol–water partition coefficient (Wildman–Crippen LogP) is 2.96. The summed E-state index contributed by atoms with van der Waals surface area (Å²) >= 11 is 3.48. The van der Waals surface area contributed by atoms with Crippen molar-refractivity contribution in [2.45, 2.75) is 37.8 Å². The maximum absolute atomic E-state index is 12.3. The lowest BCUT2D eigenvalue weighted by atomic mass is 9.93. The number of halogens is 1. The fraction of sp³-hybridized carbons (Fsp3) is 0.400. The zero-order valence-electron chi connectivity index (χ0n) is 11.0. The van der Waals surface area contributed by atoms with Crippen LogP contribution in [0.25, 0.3) is 10.9 Å². The molecular formula is C15H17BrN2O2. The molecule has 4 nitrogen and oxygen atoms in total. The fourth-order valence-electron chi connectivity index (χ4n) is 2.72. The minimum Gasteiger partial charge on any atom is -0.393 e. The first kappa shape index (κ1) is 13.6. The van der Waals surface area contributed by atoms with Crippen LogP contribution in [0.5, 0.6) is 0 Å². The fourth-order valence-corrected chi connectivity index (χ4v) is 3.20. The topological polar surface area (TPSA) is 65.1 Å². The Labute approximate surface area is 125 Å².